The van der Waals surface area contributed by atoms with Gasteiger partial charge >= 0.3 is 6.61 Å². The van der Waals surface area contributed by atoms with Gasteiger partial charge in [-0.2, -0.15) is 8.78 Å². The monoisotopic (exact) mass is 218 g/mol. The first kappa shape index (κ1) is 11.0. The van der Waals surface area contributed by atoms with Crippen molar-refractivity contribution in [3.63, 3.8) is 0 Å². The van der Waals surface area contributed by atoms with Gasteiger partial charge in [0.25, 0.3) is 0 Å². The summed E-state index contributed by atoms with van der Waals surface area (Å²) in [5.41, 5.74) is 1.38. The van der Waals surface area contributed by atoms with Crippen LogP contribution in [0.1, 0.15) is 5.56 Å². The fourth-order valence-electron chi connectivity index (χ4n) is 0.969. The van der Waals surface area contributed by atoms with Gasteiger partial charge in [-0.05, 0) is 23.3 Å². The molecule has 0 spiro atoms. The van der Waals surface area contributed by atoms with E-state index in [1.165, 1.54) is 12.1 Å². The molecule has 0 aliphatic rings. The lowest BCUT2D eigenvalue weighted by atomic mass is 10.1. The van der Waals surface area contributed by atoms with Crippen LogP contribution in [0.5, 0.6) is 5.75 Å². The van der Waals surface area contributed by atoms with Gasteiger partial charge in [0.2, 0.25) is 0 Å². The Morgan fingerprint density at radius 2 is 2.21 bits per heavy atom. The highest BCUT2D eigenvalue weighted by atomic mass is 35.5. The fourth-order valence-corrected chi connectivity index (χ4v) is 1.12. The van der Waals surface area contributed by atoms with Gasteiger partial charge in [0, 0.05) is 5.88 Å². The van der Waals surface area contributed by atoms with E-state index < -0.39 is 6.61 Å². The third-order valence-corrected chi connectivity index (χ3v) is 1.95. The zero-order valence-corrected chi connectivity index (χ0v) is 8.10. The minimum atomic E-state index is -2.81. The van der Waals surface area contributed by atoms with Crippen molar-refractivity contribution in [1.82, 2.24) is 0 Å². The molecule has 1 rings (SSSR count). The number of benzene rings is 1. The first-order valence-corrected chi connectivity index (χ1v) is 4.46. The summed E-state index contributed by atoms with van der Waals surface area (Å²) in [6.07, 6.45) is 0. The Bertz CT molecular complexity index is 326. The van der Waals surface area contributed by atoms with Gasteiger partial charge < -0.3 is 4.74 Å². The SMILES string of the molecule is C=C(CCl)c1cccc(OC(F)F)c1. The molecule has 1 aromatic rings. The maximum absolute atomic E-state index is 11.9. The van der Waals surface area contributed by atoms with Crippen molar-refractivity contribution in [2.75, 3.05) is 5.88 Å². The maximum Gasteiger partial charge on any atom is 0.387 e. The molecule has 0 aliphatic heterocycles. The van der Waals surface area contributed by atoms with Gasteiger partial charge in [-0.25, -0.2) is 0 Å². The van der Waals surface area contributed by atoms with E-state index in [0.717, 1.165) is 0 Å². The largest absolute Gasteiger partial charge is 0.435 e. The molecule has 0 heterocycles. The Labute approximate surface area is 85.9 Å². The van der Waals surface area contributed by atoms with E-state index in [1.54, 1.807) is 12.1 Å². The molecule has 0 N–H and O–H groups in total. The average Bonchev–Trinajstić information content (AvgIpc) is 2.16. The number of hydrogen-bond donors (Lipinski definition) is 0. The first-order valence-electron chi connectivity index (χ1n) is 3.92. The van der Waals surface area contributed by atoms with Gasteiger partial charge in [0.15, 0.2) is 0 Å². The fraction of sp³-hybridized carbons (Fsp3) is 0.200. The van der Waals surface area contributed by atoms with E-state index in [2.05, 4.69) is 11.3 Å². The lowest BCUT2D eigenvalue weighted by Gasteiger charge is -2.06. The van der Waals surface area contributed by atoms with Crippen LogP contribution in [0.15, 0.2) is 30.8 Å². The Kier molecular flexibility index (Phi) is 3.89. The van der Waals surface area contributed by atoms with E-state index in [9.17, 15) is 8.78 Å². The van der Waals surface area contributed by atoms with Crippen LogP contribution in [0.3, 0.4) is 0 Å². The lowest BCUT2D eigenvalue weighted by Crippen LogP contribution is -2.01. The Morgan fingerprint density at radius 1 is 1.50 bits per heavy atom. The van der Waals surface area contributed by atoms with Crippen molar-refractivity contribution in [1.29, 1.82) is 0 Å². The van der Waals surface area contributed by atoms with Crippen LogP contribution in [0, 0.1) is 0 Å². The molecule has 4 heteroatoms. The minimum Gasteiger partial charge on any atom is -0.435 e. The smallest absolute Gasteiger partial charge is 0.387 e. The quantitative estimate of drug-likeness (QED) is 0.703. The molecule has 0 saturated heterocycles. The second-order valence-corrected chi connectivity index (χ2v) is 2.91. The van der Waals surface area contributed by atoms with Crippen LogP contribution in [-0.4, -0.2) is 12.5 Å². The van der Waals surface area contributed by atoms with Crippen LogP contribution in [-0.2, 0) is 0 Å². The molecule has 0 aliphatic carbocycles. The van der Waals surface area contributed by atoms with Crippen LogP contribution in [0.2, 0.25) is 0 Å². The Hall–Kier alpha value is -1.09. The predicted molar refractivity (Wildman–Crippen MR) is 52.8 cm³/mol. The molecule has 76 valence electrons. The van der Waals surface area contributed by atoms with E-state index >= 15 is 0 Å². The highest BCUT2D eigenvalue weighted by Gasteiger charge is 2.05. The number of rotatable bonds is 4. The molecule has 0 atom stereocenters. The molecule has 1 aromatic carbocycles. The number of allylic oxidation sites excluding steroid dienone is 1. The van der Waals surface area contributed by atoms with Crippen molar-refractivity contribution in [2.24, 2.45) is 0 Å². The second-order valence-electron chi connectivity index (χ2n) is 2.64. The summed E-state index contributed by atoms with van der Waals surface area (Å²) >= 11 is 5.56. The number of ether oxygens (including phenoxy) is 1. The van der Waals surface area contributed by atoms with Gasteiger partial charge in [0.05, 0.1) is 0 Å². The third-order valence-electron chi connectivity index (χ3n) is 1.63. The Balaban J connectivity index is 2.84. The zero-order chi connectivity index (χ0) is 10.6. The molecule has 0 bridgehead atoms. The van der Waals surface area contributed by atoms with Crippen molar-refractivity contribution < 1.29 is 13.5 Å². The molecule has 14 heavy (non-hydrogen) atoms. The predicted octanol–water partition coefficient (Wildman–Crippen LogP) is 3.54. The van der Waals surface area contributed by atoms with Crippen LogP contribution < -0.4 is 4.74 Å². The topological polar surface area (TPSA) is 9.23 Å². The third kappa shape index (κ3) is 3.00. The normalized spacial score (nSPS) is 10.3. The summed E-state index contributed by atoms with van der Waals surface area (Å²) in [6.45, 7) is 0.878. The molecule has 0 radical (unpaired) electrons. The van der Waals surface area contributed by atoms with Crippen LogP contribution >= 0.6 is 11.6 Å². The highest BCUT2D eigenvalue weighted by molar-refractivity contribution is 6.23. The van der Waals surface area contributed by atoms with Gasteiger partial charge in [-0.15, -0.1) is 11.6 Å². The number of halogens is 3. The summed E-state index contributed by atoms with van der Waals surface area (Å²) in [5, 5.41) is 0. The molecular formula is C10H9ClF2O. The molecule has 0 amide bonds. The molecule has 0 aromatic heterocycles. The lowest BCUT2D eigenvalue weighted by molar-refractivity contribution is -0.0498. The van der Waals surface area contributed by atoms with Crippen molar-refractivity contribution in [3.8, 4) is 5.75 Å². The minimum absolute atomic E-state index is 0.115. The van der Waals surface area contributed by atoms with Crippen molar-refractivity contribution in [3.05, 3.63) is 36.4 Å². The van der Waals surface area contributed by atoms with E-state index in [4.69, 9.17) is 11.6 Å². The molecule has 0 fully saturated rings. The standard InChI is InChI=1S/C10H9ClF2O/c1-7(6-11)8-3-2-4-9(5-8)14-10(12)13/h2-5,10H,1,6H2. The zero-order valence-electron chi connectivity index (χ0n) is 7.34. The van der Waals surface area contributed by atoms with E-state index in [0.29, 0.717) is 11.1 Å². The molecule has 0 saturated carbocycles. The average molecular weight is 219 g/mol. The highest BCUT2D eigenvalue weighted by Crippen LogP contribution is 2.21. The molecule has 0 unspecified atom stereocenters. The summed E-state index contributed by atoms with van der Waals surface area (Å²) in [6, 6.07) is 6.29. The molecule has 1 nitrogen and oxygen atoms in total. The molecular weight excluding hydrogens is 210 g/mol. The van der Waals surface area contributed by atoms with E-state index in [1.807, 2.05) is 0 Å². The van der Waals surface area contributed by atoms with Crippen molar-refractivity contribution >= 4 is 17.2 Å². The summed E-state index contributed by atoms with van der Waals surface area (Å²) in [7, 11) is 0. The van der Waals surface area contributed by atoms with Gasteiger partial charge in [-0.1, -0.05) is 18.7 Å². The van der Waals surface area contributed by atoms with E-state index in [-0.39, 0.29) is 11.6 Å². The van der Waals surface area contributed by atoms with Gasteiger partial charge in [0.1, 0.15) is 5.75 Å². The summed E-state index contributed by atoms with van der Waals surface area (Å²) in [4.78, 5) is 0. The maximum atomic E-state index is 11.9. The first-order chi connectivity index (χ1) is 6.63. The van der Waals surface area contributed by atoms with Gasteiger partial charge in [-0.3, -0.25) is 0 Å². The second kappa shape index (κ2) is 4.96. The number of hydrogen-bond acceptors (Lipinski definition) is 1. The summed E-state index contributed by atoms with van der Waals surface area (Å²) < 4.78 is 28.0. The number of alkyl halides is 3. The van der Waals surface area contributed by atoms with Crippen molar-refractivity contribution in [2.45, 2.75) is 6.61 Å². The Morgan fingerprint density at radius 3 is 2.79 bits per heavy atom. The van der Waals surface area contributed by atoms with Crippen LogP contribution in [0.25, 0.3) is 5.57 Å². The summed E-state index contributed by atoms with van der Waals surface area (Å²) in [5.74, 6) is 0.377. The van der Waals surface area contributed by atoms with Crippen LogP contribution in [0.4, 0.5) is 8.78 Å².